The number of H-pyrrole nitrogens is 1. The van der Waals surface area contributed by atoms with Crippen molar-refractivity contribution in [2.75, 3.05) is 0 Å². The van der Waals surface area contributed by atoms with Gasteiger partial charge in [0.1, 0.15) is 6.07 Å². The van der Waals surface area contributed by atoms with Crippen LogP contribution in [0.25, 0.3) is 22.2 Å². The van der Waals surface area contributed by atoms with E-state index in [1.54, 1.807) is 12.1 Å². The molecule has 3 aromatic rings. The van der Waals surface area contributed by atoms with Gasteiger partial charge >= 0.3 is 0 Å². The maximum absolute atomic E-state index is 13.8. The zero-order valence-corrected chi connectivity index (χ0v) is 17.5. The second-order valence-corrected chi connectivity index (χ2v) is 9.03. The first kappa shape index (κ1) is 21.6. The first-order valence-electron chi connectivity index (χ1n) is 10.8. The number of hydrogen-bond acceptors (Lipinski definition) is 4. The summed E-state index contributed by atoms with van der Waals surface area (Å²) >= 11 is 0. The van der Waals surface area contributed by atoms with E-state index in [1.165, 1.54) is 18.5 Å². The van der Waals surface area contributed by atoms with Crippen LogP contribution in [0.1, 0.15) is 67.3 Å². The van der Waals surface area contributed by atoms with Crippen molar-refractivity contribution in [3.05, 3.63) is 57.8 Å². The molecule has 5 nitrogen and oxygen atoms in total. The molecule has 3 aromatic heterocycles. The van der Waals surface area contributed by atoms with Crippen LogP contribution in [0.15, 0.2) is 35.4 Å². The molecule has 0 bridgehead atoms. The predicted molar refractivity (Wildman–Crippen MR) is 113 cm³/mol. The highest BCUT2D eigenvalue weighted by atomic mass is 19.3. The third-order valence-electron chi connectivity index (χ3n) is 6.76. The van der Waals surface area contributed by atoms with E-state index < -0.39 is 17.3 Å². The fraction of sp³-hybridized carbons (Fsp3) is 0.417. The summed E-state index contributed by atoms with van der Waals surface area (Å²) in [7, 11) is 0. The van der Waals surface area contributed by atoms with E-state index >= 15 is 0 Å². The van der Waals surface area contributed by atoms with Gasteiger partial charge in [-0.1, -0.05) is 0 Å². The van der Waals surface area contributed by atoms with Crippen molar-refractivity contribution >= 4 is 10.9 Å². The molecule has 2 aliphatic rings. The van der Waals surface area contributed by atoms with Crippen LogP contribution in [0.4, 0.5) is 17.6 Å². The number of alkyl halides is 4. The van der Waals surface area contributed by atoms with E-state index in [-0.39, 0.29) is 61.4 Å². The molecule has 1 N–H and O–H groups in total. The Hall–Kier alpha value is -3.28. The molecule has 0 amide bonds. The summed E-state index contributed by atoms with van der Waals surface area (Å²) in [6, 6.07) is 6.58. The quantitative estimate of drug-likeness (QED) is 0.516. The molecule has 0 unspecified atom stereocenters. The number of nitrogens with zero attached hydrogens (tertiary/aromatic N) is 3. The lowest BCUT2D eigenvalue weighted by Crippen LogP contribution is -2.34. The molecular formula is C24H20F4N4O. The van der Waals surface area contributed by atoms with Crippen LogP contribution < -0.4 is 5.43 Å². The van der Waals surface area contributed by atoms with Crippen molar-refractivity contribution in [2.24, 2.45) is 0 Å². The van der Waals surface area contributed by atoms with Crippen LogP contribution in [-0.4, -0.2) is 26.8 Å². The lowest BCUT2D eigenvalue weighted by molar-refractivity contribution is -0.0876. The summed E-state index contributed by atoms with van der Waals surface area (Å²) in [4.78, 5) is 24.3. The van der Waals surface area contributed by atoms with Crippen molar-refractivity contribution in [1.82, 2.24) is 15.0 Å². The minimum Gasteiger partial charge on any atom is -0.354 e. The average molecular weight is 456 g/mol. The van der Waals surface area contributed by atoms with Gasteiger partial charge in [-0.15, -0.1) is 0 Å². The van der Waals surface area contributed by atoms with Gasteiger partial charge in [0.2, 0.25) is 11.8 Å². The fourth-order valence-electron chi connectivity index (χ4n) is 4.93. The van der Waals surface area contributed by atoms with Gasteiger partial charge in [-0.2, -0.15) is 5.26 Å². The molecule has 0 aliphatic heterocycles. The van der Waals surface area contributed by atoms with Crippen LogP contribution in [0, 0.1) is 11.3 Å². The summed E-state index contributed by atoms with van der Waals surface area (Å²) in [6.45, 7) is 0. The lowest BCUT2D eigenvalue weighted by Gasteiger charge is -2.35. The molecule has 170 valence electrons. The molecule has 0 spiro atoms. The number of pyridine rings is 3. The van der Waals surface area contributed by atoms with Crippen LogP contribution in [0.2, 0.25) is 0 Å². The second-order valence-electron chi connectivity index (χ2n) is 9.03. The van der Waals surface area contributed by atoms with Crippen molar-refractivity contribution in [1.29, 1.82) is 5.26 Å². The highest BCUT2D eigenvalue weighted by Crippen LogP contribution is 2.49. The Morgan fingerprint density at radius 3 is 2.42 bits per heavy atom. The van der Waals surface area contributed by atoms with Crippen LogP contribution in [0.5, 0.6) is 0 Å². The van der Waals surface area contributed by atoms with Crippen LogP contribution in [-0.2, 0) is 0 Å². The molecule has 2 saturated carbocycles. The Bertz CT molecular complexity index is 1330. The summed E-state index contributed by atoms with van der Waals surface area (Å²) in [5, 5.41) is 9.43. The molecule has 0 saturated heterocycles. The number of aromatic nitrogens is 3. The molecule has 9 heteroatoms. The number of halogens is 4. The molecule has 0 aromatic carbocycles. The highest BCUT2D eigenvalue weighted by molar-refractivity contribution is 5.85. The van der Waals surface area contributed by atoms with Crippen molar-refractivity contribution < 1.29 is 17.6 Å². The van der Waals surface area contributed by atoms with Gasteiger partial charge in [0.25, 0.3) is 0 Å². The van der Waals surface area contributed by atoms with Gasteiger partial charge in [-0.3, -0.25) is 9.78 Å². The predicted octanol–water partition coefficient (Wildman–Crippen LogP) is 5.66. The van der Waals surface area contributed by atoms with Crippen molar-refractivity contribution in [2.45, 2.75) is 62.2 Å². The standard InChI is InChI=1S/C24H20F4N4O/c25-23(26)4-1-13(2-5-23)15-7-18(14-9-24(27,28)10-14)31-12-16(15)19-8-21(33)22-17(32-19)3-6-30-20(22)11-29/h3,6-8,12-14H,1-2,4-5,9-10H2,(H,32,33). The summed E-state index contributed by atoms with van der Waals surface area (Å²) in [6.07, 6.45) is 2.41. The number of rotatable bonds is 3. The zero-order chi connectivity index (χ0) is 23.4. The molecule has 5 rings (SSSR count). The number of hydrogen-bond donors (Lipinski definition) is 1. The molecule has 0 radical (unpaired) electrons. The normalized spacial score (nSPS) is 20.3. The van der Waals surface area contributed by atoms with E-state index in [0.717, 1.165) is 5.56 Å². The first-order chi connectivity index (χ1) is 15.7. The maximum Gasteiger partial charge on any atom is 0.249 e. The summed E-state index contributed by atoms with van der Waals surface area (Å²) in [5.74, 6) is -5.99. The smallest absolute Gasteiger partial charge is 0.249 e. The van der Waals surface area contributed by atoms with Gasteiger partial charge in [0, 0.05) is 61.3 Å². The van der Waals surface area contributed by atoms with E-state index in [2.05, 4.69) is 15.0 Å². The molecule has 3 heterocycles. The number of nitrogens with one attached hydrogen (secondary N) is 1. The topological polar surface area (TPSA) is 82.4 Å². The van der Waals surface area contributed by atoms with Gasteiger partial charge in [-0.25, -0.2) is 22.5 Å². The maximum atomic E-state index is 13.8. The minimum absolute atomic E-state index is 0.00872. The Kier molecular flexibility index (Phi) is 5.00. The van der Waals surface area contributed by atoms with Crippen LogP contribution >= 0.6 is 0 Å². The van der Waals surface area contributed by atoms with Crippen molar-refractivity contribution in [3.63, 3.8) is 0 Å². The fourth-order valence-corrected chi connectivity index (χ4v) is 4.93. The van der Waals surface area contributed by atoms with Gasteiger partial charge < -0.3 is 4.98 Å². The van der Waals surface area contributed by atoms with Crippen LogP contribution in [0.3, 0.4) is 0 Å². The highest BCUT2D eigenvalue weighted by Gasteiger charge is 2.47. The SMILES string of the molecule is N#Cc1nccc2[nH]c(-c3cnc(C4CC(F)(F)C4)cc3C3CCC(F)(F)CC3)cc(=O)c12. The number of fused-ring (bicyclic) bond motifs is 1. The Morgan fingerprint density at radius 1 is 1.03 bits per heavy atom. The van der Waals surface area contributed by atoms with E-state index in [9.17, 15) is 27.6 Å². The Morgan fingerprint density at radius 2 is 1.76 bits per heavy atom. The van der Waals surface area contributed by atoms with E-state index in [1.807, 2.05) is 6.07 Å². The molecular weight excluding hydrogens is 436 g/mol. The average Bonchev–Trinajstić information content (AvgIpc) is 2.76. The number of nitriles is 1. The first-order valence-corrected chi connectivity index (χ1v) is 10.8. The van der Waals surface area contributed by atoms with Crippen molar-refractivity contribution in [3.8, 4) is 17.3 Å². The summed E-state index contributed by atoms with van der Waals surface area (Å²) in [5.41, 5.74) is 2.31. The largest absolute Gasteiger partial charge is 0.354 e. The molecule has 2 fully saturated rings. The van der Waals surface area contributed by atoms with Gasteiger partial charge in [-0.05, 0) is 36.5 Å². The third-order valence-corrected chi connectivity index (χ3v) is 6.76. The minimum atomic E-state index is -2.71. The van der Waals surface area contributed by atoms with E-state index in [0.29, 0.717) is 22.5 Å². The Balaban J connectivity index is 1.61. The summed E-state index contributed by atoms with van der Waals surface area (Å²) < 4.78 is 54.5. The Labute approximate surface area is 186 Å². The van der Waals surface area contributed by atoms with E-state index in [4.69, 9.17) is 0 Å². The lowest BCUT2D eigenvalue weighted by atomic mass is 9.76. The zero-order valence-electron chi connectivity index (χ0n) is 17.5. The number of aromatic amines is 1. The third kappa shape index (κ3) is 3.99. The van der Waals surface area contributed by atoms with Gasteiger partial charge in [0.15, 0.2) is 11.1 Å². The van der Waals surface area contributed by atoms with Gasteiger partial charge in [0.05, 0.1) is 16.6 Å². The molecule has 33 heavy (non-hydrogen) atoms. The molecule has 0 atom stereocenters. The molecule has 2 aliphatic carbocycles. The monoisotopic (exact) mass is 456 g/mol. The second kappa shape index (κ2) is 7.65.